The lowest BCUT2D eigenvalue weighted by atomic mass is 10.4. The third-order valence-corrected chi connectivity index (χ3v) is 4.75. The number of esters is 1. The van der Waals surface area contributed by atoms with Gasteiger partial charge >= 0.3 is 5.97 Å². The Morgan fingerprint density at radius 1 is 1.35 bits per heavy atom. The second kappa shape index (κ2) is 8.07. The molecule has 0 unspecified atom stereocenters. The zero-order valence-corrected chi connectivity index (χ0v) is 14.2. The Bertz CT molecular complexity index is 701. The summed E-state index contributed by atoms with van der Waals surface area (Å²) in [4.78, 5) is 28.9. The number of ether oxygens (including phenoxy) is 1. The van der Waals surface area contributed by atoms with Crippen LogP contribution < -0.4 is 5.32 Å². The molecule has 1 aromatic carbocycles. The molecule has 1 N–H and O–H groups in total. The molecule has 0 radical (unpaired) electrons. The summed E-state index contributed by atoms with van der Waals surface area (Å²) in [5.74, 6) is -0.838. The molecule has 0 aliphatic rings. The molecule has 0 aliphatic heterocycles. The Kier molecular flexibility index (Phi) is 6.12. The Hall–Kier alpha value is -1.93. The summed E-state index contributed by atoms with van der Waals surface area (Å²) in [5.41, 5.74) is 0.523. The summed E-state index contributed by atoms with van der Waals surface area (Å²) in [6.45, 7) is 3.70. The van der Waals surface area contributed by atoms with E-state index in [1.54, 1.807) is 26.0 Å². The maximum absolute atomic E-state index is 12.8. The molecule has 0 saturated carbocycles. The van der Waals surface area contributed by atoms with E-state index < -0.39 is 5.97 Å². The van der Waals surface area contributed by atoms with E-state index in [4.69, 9.17) is 4.74 Å². The summed E-state index contributed by atoms with van der Waals surface area (Å²) in [6, 6.07) is 5.91. The molecule has 8 heteroatoms. The van der Waals surface area contributed by atoms with Gasteiger partial charge in [-0.3, -0.25) is 4.79 Å². The second-order valence-electron chi connectivity index (χ2n) is 4.44. The number of aromatic nitrogens is 1. The lowest BCUT2D eigenvalue weighted by molar-refractivity contribution is -0.113. The minimum atomic E-state index is -0.441. The Balaban J connectivity index is 1.91. The van der Waals surface area contributed by atoms with Gasteiger partial charge in [0.25, 0.3) is 0 Å². The third kappa shape index (κ3) is 5.04. The van der Waals surface area contributed by atoms with Gasteiger partial charge in [0.1, 0.15) is 10.7 Å². The number of amides is 1. The summed E-state index contributed by atoms with van der Waals surface area (Å²) in [6.07, 6.45) is 0. The van der Waals surface area contributed by atoms with Crippen LogP contribution in [-0.4, -0.2) is 29.2 Å². The molecule has 0 fully saturated rings. The number of nitrogens with one attached hydrogen (secondary N) is 1. The molecule has 0 spiro atoms. The Morgan fingerprint density at radius 3 is 2.70 bits per heavy atom. The summed E-state index contributed by atoms with van der Waals surface area (Å²) in [7, 11) is 0. The van der Waals surface area contributed by atoms with Crippen LogP contribution in [0.15, 0.2) is 29.2 Å². The number of halogens is 1. The van der Waals surface area contributed by atoms with E-state index in [9.17, 15) is 14.0 Å². The van der Waals surface area contributed by atoms with Crippen LogP contribution in [-0.2, 0) is 9.53 Å². The number of aryl methyl sites for hydroxylation is 1. The molecule has 23 heavy (non-hydrogen) atoms. The number of benzene rings is 1. The van der Waals surface area contributed by atoms with Crippen LogP contribution in [0, 0.1) is 12.7 Å². The molecule has 122 valence electrons. The fourth-order valence-electron chi connectivity index (χ4n) is 1.67. The highest BCUT2D eigenvalue weighted by Gasteiger charge is 2.17. The van der Waals surface area contributed by atoms with Crippen LogP contribution in [0.4, 0.5) is 9.52 Å². The molecule has 0 bridgehead atoms. The number of carbonyl (C=O) groups is 2. The third-order valence-electron chi connectivity index (χ3n) is 2.69. The van der Waals surface area contributed by atoms with Crippen molar-refractivity contribution in [1.82, 2.24) is 4.98 Å². The first-order valence-corrected chi connectivity index (χ1v) is 8.62. The first-order valence-electron chi connectivity index (χ1n) is 6.82. The maximum atomic E-state index is 12.8. The van der Waals surface area contributed by atoms with Crippen molar-refractivity contribution < 1.29 is 18.7 Å². The minimum absolute atomic E-state index is 0.166. The van der Waals surface area contributed by atoms with E-state index >= 15 is 0 Å². The van der Waals surface area contributed by atoms with Crippen LogP contribution in [0.5, 0.6) is 0 Å². The SMILES string of the molecule is CCOC(=O)c1sc(NC(=O)CSc2ccc(F)cc2)nc1C. The molecule has 0 saturated heterocycles. The standard InChI is InChI=1S/C15H15FN2O3S2/c1-3-21-14(20)13-9(2)17-15(23-13)18-12(19)8-22-11-6-4-10(16)5-7-11/h4-7H,3,8H2,1-2H3,(H,17,18,19). The Morgan fingerprint density at radius 2 is 2.04 bits per heavy atom. The average molecular weight is 354 g/mol. The summed E-state index contributed by atoms with van der Waals surface area (Å²) >= 11 is 2.37. The molecule has 1 amide bonds. The molecular formula is C15H15FN2O3S2. The fraction of sp³-hybridized carbons (Fsp3) is 0.267. The lowest BCUT2D eigenvalue weighted by Crippen LogP contribution is -2.13. The van der Waals surface area contributed by atoms with Gasteiger partial charge in [-0.05, 0) is 38.1 Å². The lowest BCUT2D eigenvalue weighted by Gasteiger charge is -2.02. The molecule has 2 aromatic rings. The molecular weight excluding hydrogens is 339 g/mol. The van der Waals surface area contributed by atoms with Crippen molar-refractivity contribution in [3.63, 3.8) is 0 Å². The minimum Gasteiger partial charge on any atom is -0.462 e. The van der Waals surface area contributed by atoms with Crippen LogP contribution in [0.3, 0.4) is 0 Å². The maximum Gasteiger partial charge on any atom is 0.350 e. The van der Waals surface area contributed by atoms with E-state index in [1.165, 1.54) is 23.9 Å². The number of thiazole rings is 1. The van der Waals surface area contributed by atoms with Crippen LogP contribution in [0.2, 0.25) is 0 Å². The van der Waals surface area contributed by atoms with Crippen LogP contribution in [0.1, 0.15) is 22.3 Å². The van der Waals surface area contributed by atoms with Crippen LogP contribution in [0.25, 0.3) is 0 Å². The summed E-state index contributed by atoms with van der Waals surface area (Å²) in [5, 5.41) is 3.00. The van der Waals surface area contributed by atoms with Gasteiger partial charge in [-0.1, -0.05) is 11.3 Å². The largest absolute Gasteiger partial charge is 0.462 e. The van der Waals surface area contributed by atoms with Gasteiger partial charge in [-0.25, -0.2) is 14.2 Å². The average Bonchev–Trinajstić information content (AvgIpc) is 2.87. The number of nitrogens with zero attached hydrogens (tertiary/aromatic N) is 1. The number of anilines is 1. The molecule has 2 rings (SSSR count). The summed E-state index contributed by atoms with van der Waals surface area (Å²) < 4.78 is 17.7. The smallest absolute Gasteiger partial charge is 0.350 e. The van der Waals surface area contributed by atoms with Gasteiger partial charge in [-0.15, -0.1) is 11.8 Å². The number of rotatable bonds is 6. The quantitative estimate of drug-likeness (QED) is 0.635. The van der Waals surface area contributed by atoms with Crippen molar-refractivity contribution >= 4 is 40.1 Å². The van der Waals surface area contributed by atoms with E-state index in [-0.39, 0.29) is 24.1 Å². The van der Waals surface area contributed by atoms with Crippen molar-refractivity contribution in [2.24, 2.45) is 0 Å². The van der Waals surface area contributed by atoms with Crippen LogP contribution >= 0.6 is 23.1 Å². The zero-order valence-electron chi connectivity index (χ0n) is 12.6. The zero-order chi connectivity index (χ0) is 16.8. The van der Waals surface area contributed by atoms with Gasteiger partial charge in [0.2, 0.25) is 5.91 Å². The highest BCUT2D eigenvalue weighted by Crippen LogP contribution is 2.24. The molecule has 0 aliphatic carbocycles. The van der Waals surface area contributed by atoms with E-state index in [0.717, 1.165) is 16.2 Å². The van der Waals surface area contributed by atoms with Crippen molar-refractivity contribution in [2.45, 2.75) is 18.7 Å². The van der Waals surface area contributed by atoms with Crippen molar-refractivity contribution in [3.05, 3.63) is 40.7 Å². The van der Waals surface area contributed by atoms with Crippen molar-refractivity contribution in [3.8, 4) is 0 Å². The predicted octanol–water partition coefficient (Wildman–Crippen LogP) is 3.50. The van der Waals surface area contributed by atoms with E-state index in [1.807, 2.05) is 0 Å². The van der Waals surface area contributed by atoms with Gasteiger partial charge in [0, 0.05) is 4.90 Å². The molecule has 1 aromatic heterocycles. The normalized spacial score (nSPS) is 10.4. The molecule has 0 atom stereocenters. The number of thioether (sulfide) groups is 1. The van der Waals surface area contributed by atoms with Gasteiger partial charge < -0.3 is 10.1 Å². The Labute approximate surface area is 141 Å². The highest BCUT2D eigenvalue weighted by atomic mass is 32.2. The first-order chi connectivity index (χ1) is 11.0. The topological polar surface area (TPSA) is 68.3 Å². The van der Waals surface area contributed by atoms with E-state index in [0.29, 0.717) is 15.7 Å². The van der Waals surface area contributed by atoms with E-state index in [2.05, 4.69) is 10.3 Å². The van der Waals surface area contributed by atoms with Crippen molar-refractivity contribution in [2.75, 3.05) is 17.7 Å². The molecule has 1 heterocycles. The number of carbonyl (C=O) groups excluding carboxylic acids is 2. The number of hydrogen-bond donors (Lipinski definition) is 1. The van der Waals surface area contributed by atoms with Gasteiger partial charge in [0.05, 0.1) is 18.1 Å². The second-order valence-corrected chi connectivity index (χ2v) is 6.49. The predicted molar refractivity (Wildman–Crippen MR) is 88.6 cm³/mol. The fourth-order valence-corrected chi connectivity index (χ4v) is 3.25. The van der Waals surface area contributed by atoms with Gasteiger partial charge in [0.15, 0.2) is 5.13 Å². The monoisotopic (exact) mass is 354 g/mol. The first kappa shape index (κ1) is 17.4. The number of hydrogen-bond acceptors (Lipinski definition) is 6. The molecule has 5 nitrogen and oxygen atoms in total. The highest BCUT2D eigenvalue weighted by molar-refractivity contribution is 8.00. The van der Waals surface area contributed by atoms with Gasteiger partial charge in [-0.2, -0.15) is 0 Å². The van der Waals surface area contributed by atoms with Crippen molar-refractivity contribution in [1.29, 1.82) is 0 Å².